The van der Waals surface area contributed by atoms with Crippen LogP contribution in [-0.4, -0.2) is 48.8 Å². The zero-order valence-corrected chi connectivity index (χ0v) is 12.3. The standard InChI is InChI=1S/C14H27N3O/c1-5-7-16-14(4,11-15)6-8-17-9-10-18-13(2,3)12-17/h16H,5-10,12H2,1-4H3. The minimum absolute atomic E-state index is 0.0574. The van der Waals surface area contributed by atoms with Gasteiger partial charge in [-0.1, -0.05) is 6.92 Å². The maximum Gasteiger partial charge on any atom is 0.105 e. The first-order valence-electron chi connectivity index (χ1n) is 6.93. The van der Waals surface area contributed by atoms with E-state index in [-0.39, 0.29) is 5.60 Å². The molecule has 1 aliphatic rings. The quantitative estimate of drug-likeness (QED) is 0.784. The highest BCUT2D eigenvalue weighted by Crippen LogP contribution is 2.18. The first-order valence-corrected chi connectivity index (χ1v) is 6.93. The van der Waals surface area contributed by atoms with E-state index in [9.17, 15) is 5.26 Å². The smallest absolute Gasteiger partial charge is 0.105 e. The molecule has 0 amide bonds. The highest BCUT2D eigenvalue weighted by Gasteiger charge is 2.29. The summed E-state index contributed by atoms with van der Waals surface area (Å²) < 4.78 is 5.70. The Kier molecular flexibility index (Phi) is 5.58. The first kappa shape index (κ1) is 15.4. The molecule has 18 heavy (non-hydrogen) atoms. The molecule has 0 aliphatic carbocycles. The van der Waals surface area contributed by atoms with E-state index < -0.39 is 5.54 Å². The second kappa shape index (κ2) is 6.51. The van der Waals surface area contributed by atoms with E-state index >= 15 is 0 Å². The Morgan fingerprint density at radius 1 is 1.50 bits per heavy atom. The van der Waals surface area contributed by atoms with Crippen molar-refractivity contribution in [2.45, 2.75) is 51.7 Å². The van der Waals surface area contributed by atoms with E-state index in [4.69, 9.17) is 4.74 Å². The molecule has 4 nitrogen and oxygen atoms in total. The van der Waals surface area contributed by atoms with Crippen LogP contribution in [-0.2, 0) is 4.74 Å². The molecule has 0 aromatic carbocycles. The Morgan fingerprint density at radius 2 is 2.22 bits per heavy atom. The van der Waals surface area contributed by atoms with Crippen LogP contribution in [0.5, 0.6) is 0 Å². The van der Waals surface area contributed by atoms with Gasteiger partial charge in [-0.3, -0.25) is 10.2 Å². The third-order valence-corrected chi connectivity index (χ3v) is 3.44. The summed E-state index contributed by atoms with van der Waals surface area (Å²) in [5, 5.41) is 12.6. The monoisotopic (exact) mass is 253 g/mol. The van der Waals surface area contributed by atoms with Crippen molar-refractivity contribution in [2.24, 2.45) is 0 Å². The highest BCUT2D eigenvalue weighted by molar-refractivity contribution is 5.04. The number of nitrogens with zero attached hydrogens (tertiary/aromatic N) is 2. The van der Waals surface area contributed by atoms with Gasteiger partial charge in [0, 0.05) is 19.6 Å². The van der Waals surface area contributed by atoms with Crippen LogP contribution in [0.15, 0.2) is 0 Å². The van der Waals surface area contributed by atoms with Gasteiger partial charge in [-0.2, -0.15) is 5.26 Å². The van der Waals surface area contributed by atoms with Gasteiger partial charge in [-0.25, -0.2) is 0 Å². The zero-order chi connectivity index (χ0) is 13.6. The van der Waals surface area contributed by atoms with Gasteiger partial charge in [0.25, 0.3) is 0 Å². The molecule has 1 unspecified atom stereocenters. The number of nitriles is 1. The molecular weight excluding hydrogens is 226 g/mol. The summed E-state index contributed by atoms with van der Waals surface area (Å²) in [4.78, 5) is 2.40. The predicted molar refractivity (Wildman–Crippen MR) is 73.4 cm³/mol. The first-order chi connectivity index (χ1) is 8.41. The Morgan fingerprint density at radius 3 is 2.78 bits per heavy atom. The van der Waals surface area contributed by atoms with Gasteiger partial charge in [0.1, 0.15) is 5.54 Å². The number of hydrogen-bond donors (Lipinski definition) is 1. The van der Waals surface area contributed by atoms with Gasteiger partial charge in [0.2, 0.25) is 0 Å². The van der Waals surface area contributed by atoms with Crippen LogP contribution in [0, 0.1) is 11.3 Å². The zero-order valence-electron chi connectivity index (χ0n) is 12.3. The number of rotatable bonds is 6. The van der Waals surface area contributed by atoms with Gasteiger partial charge < -0.3 is 4.74 Å². The summed E-state index contributed by atoms with van der Waals surface area (Å²) in [7, 11) is 0. The van der Waals surface area contributed by atoms with Crippen molar-refractivity contribution >= 4 is 0 Å². The van der Waals surface area contributed by atoms with Crippen LogP contribution in [0.3, 0.4) is 0 Å². The van der Waals surface area contributed by atoms with Gasteiger partial charge in [-0.15, -0.1) is 0 Å². The fraction of sp³-hybridized carbons (Fsp3) is 0.929. The lowest BCUT2D eigenvalue weighted by atomic mass is 9.98. The summed E-state index contributed by atoms with van der Waals surface area (Å²) in [5.74, 6) is 0. The maximum atomic E-state index is 9.29. The topological polar surface area (TPSA) is 48.3 Å². The van der Waals surface area contributed by atoms with Gasteiger partial charge in [-0.05, 0) is 40.2 Å². The molecule has 1 atom stereocenters. The van der Waals surface area contributed by atoms with E-state index in [0.29, 0.717) is 0 Å². The van der Waals surface area contributed by atoms with Crippen LogP contribution in [0.4, 0.5) is 0 Å². The Hall–Kier alpha value is -0.630. The SMILES string of the molecule is CCCNC(C)(C#N)CCN1CCOC(C)(C)C1. The van der Waals surface area contributed by atoms with Gasteiger partial charge >= 0.3 is 0 Å². The van der Waals surface area contributed by atoms with Crippen molar-refractivity contribution in [1.29, 1.82) is 5.26 Å². The average molecular weight is 253 g/mol. The minimum atomic E-state index is -0.404. The molecule has 0 aromatic rings. The lowest BCUT2D eigenvalue weighted by Crippen LogP contribution is -2.51. The Bertz CT molecular complexity index is 298. The lowest BCUT2D eigenvalue weighted by molar-refractivity contribution is -0.0867. The second-order valence-corrected chi connectivity index (χ2v) is 6.00. The Balaban J connectivity index is 2.41. The van der Waals surface area contributed by atoms with Crippen LogP contribution in [0.2, 0.25) is 0 Å². The number of nitrogens with one attached hydrogen (secondary N) is 1. The van der Waals surface area contributed by atoms with E-state index in [1.54, 1.807) is 0 Å². The average Bonchev–Trinajstić information content (AvgIpc) is 2.33. The van der Waals surface area contributed by atoms with Crippen molar-refractivity contribution in [1.82, 2.24) is 10.2 Å². The normalized spacial score (nSPS) is 23.3. The highest BCUT2D eigenvalue weighted by atomic mass is 16.5. The molecule has 104 valence electrons. The van der Waals surface area contributed by atoms with Crippen molar-refractivity contribution in [2.75, 3.05) is 32.8 Å². The van der Waals surface area contributed by atoms with Gasteiger partial charge in [0.15, 0.2) is 0 Å². The summed E-state index contributed by atoms with van der Waals surface area (Å²) >= 11 is 0. The molecule has 1 aliphatic heterocycles. The lowest BCUT2D eigenvalue weighted by Gasteiger charge is -2.39. The van der Waals surface area contributed by atoms with Crippen molar-refractivity contribution in [3.05, 3.63) is 0 Å². The van der Waals surface area contributed by atoms with E-state index in [2.05, 4.69) is 37.1 Å². The van der Waals surface area contributed by atoms with Crippen molar-refractivity contribution < 1.29 is 4.74 Å². The molecule has 0 bridgehead atoms. The third kappa shape index (κ3) is 4.93. The summed E-state index contributed by atoms with van der Waals surface area (Å²) in [5.41, 5.74) is -0.462. The molecule has 1 fully saturated rings. The third-order valence-electron chi connectivity index (χ3n) is 3.44. The van der Waals surface area contributed by atoms with Gasteiger partial charge in [0.05, 0.1) is 18.3 Å². The molecule has 1 saturated heterocycles. The molecule has 1 rings (SSSR count). The van der Waals surface area contributed by atoms with E-state index in [1.165, 1.54) is 0 Å². The number of hydrogen-bond acceptors (Lipinski definition) is 4. The molecule has 0 spiro atoms. The molecule has 0 aromatic heterocycles. The van der Waals surface area contributed by atoms with Crippen LogP contribution in [0.1, 0.15) is 40.5 Å². The summed E-state index contributed by atoms with van der Waals surface area (Å²) in [6, 6.07) is 2.40. The van der Waals surface area contributed by atoms with Crippen molar-refractivity contribution in [3.8, 4) is 6.07 Å². The fourth-order valence-corrected chi connectivity index (χ4v) is 2.27. The maximum absolute atomic E-state index is 9.29. The van der Waals surface area contributed by atoms with Crippen LogP contribution < -0.4 is 5.32 Å². The largest absolute Gasteiger partial charge is 0.373 e. The number of morpholine rings is 1. The van der Waals surface area contributed by atoms with E-state index in [1.807, 2.05) is 6.92 Å². The molecule has 0 saturated carbocycles. The molecule has 4 heteroatoms. The summed E-state index contributed by atoms with van der Waals surface area (Å²) in [6.07, 6.45) is 1.92. The second-order valence-electron chi connectivity index (χ2n) is 6.00. The summed E-state index contributed by atoms with van der Waals surface area (Å²) in [6.45, 7) is 12.9. The number of ether oxygens (including phenoxy) is 1. The minimum Gasteiger partial charge on any atom is -0.373 e. The molecule has 0 radical (unpaired) electrons. The predicted octanol–water partition coefficient (Wildman–Crippen LogP) is 1.77. The van der Waals surface area contributed by atoms with E-state index in [0.717, 1.165) is 45.6 Å². The molecule has 1 N–H and O–H groups in total. The molecule has 1 heterocycles. The van der Waals surface area contributed by atoms with Crippen LogP contribution >= 0.6 is 0 Å². The molecular formula is C14H27N3O. The van der Waals surface area contributed by atoms with Crippen LogP contribution in [0.25, 0.3) is 0 Å². The Labute approximate surface area is 111 Å². The van der Waals surface area contributed by atoms with Crippen molar-refractivity contribution in [3.63, 3.8) is 0 Å². The fourth-order valence-electron chi connectivity index (χ4n) is 2.27.